The Morgan fingerprint density at radius 2 is 2.06 bits per heavy atom. The molecule has 1 aromatic rings. The van der Waals surface area contributed by atoms with Crippen molar-refractivity contribution in [3.63, 3.8) is 0 Å². The minimum atomic E-state index is 0.265. The largest absolute Gasteiger partial charge is 0.396 e. The predicted molar refractivity (Wildman–Crippen MR) is 63.5 cm³/mol. The number of aromatic nitrogens is 2. The van der Waals surface area contributed by atoms with E-state index in [0.717, 1.165) is 43.3 Å². The first-order chi connectivity index (χ1) is 7.69. The minimum absolute atomic E-state index is 0.265. The fourth-order valence-corrected chi connectivity index (χ4v) is 2.24. The Balaban J connectivity index is 2.16. The van der Waals surface area contributed by atoms with Crippen molar-refractivity contribution in [1.82, 2.24) is 9.97 Å². The number of nitrogens with zero attached hydrogens (tertiary/aromatic N) is 3. The Labute approximate surface area is 96.3 Å². The Morgan fingerprint density at radius 1 is 1.38 bits per heavy atom. The van der Waals surface area contributed by atoms with Gasteiger partial charge in [0.05, 0.1) is 0 Å². The Hall–Kier alpha value is -1.16. The summed E-state index contributed by atoms with van der Waals surface area (Å²) in [5.41, 5.74) is 2.02. The van der Waals surface area contributed by atoms with Gasteiger partial charge in [0.1, 0.15) is 0 Å². The standard InChI is InChI=1S/C12H19N3O/c1-9-6-10(2)14-12(13-9)15-5-3-4-11(7-15)8-16/h6,11,16H,3-5,7-8H2,1-2H3. The molecule has 0 aromatic carbocycles. The number of piperidine rings is 1. The highest BCUT2D eigenvalue weighted by Gasteiger charge is 2.21. The molecule has 1 aliphatic rings. The van der Waals surface area contributed by atoms with E-state index >= 15 is 0 Å². The molecule has 1 aliphatic heterocycles. The van der Waals surface area contributed by atoms with E-state index in [-0.39, 0.29) is 6.61 Å². The average Bonchev–Trinajstić information content (AvgIpc) is 2.28. The van der Waals surface area contributed by atoms with E-state index in [9.17, 15) is 5.11 Å². The van der Waals surface area contributed by atoms with Crippen molar-refractivity contribution in [3.05, 3.63) is 17.5 Å². The maximum Gasteiger partial charge on any atom is 0.225 e. The van der Waals surface area contributed by atoms with Gasteiger partial charge in [0.25, 0.3) is 0 Å². The van der Waals surface area contributed by atoms with E-state index in [1.165, 1.54) is 0 Å². The molecular weight excluding hydrogens is 202 g/mol. The van der Waals surface area contributed by atoms with Crippen molar-refractivity contribution < 1.29 is 5.11 Å². The third-order valence-electron chi connectivity index (χ3n) is 3.03. The van der Waals surface area contributed by atoms with Gasteiger partial charge in [-0.15, -0.1) is 0 Å². The molecule has 0 saturated carbocycles. The summed E-state index contributed by atoms with van der Waals surface area (Å²) in [6.45, 7) is 6.12. The van der Waals surface area contributed by atoms with Gasteiger partial charge in [0, 0.05) is 31.1 Å². The van der Waals surface area contributed by atoms with Crippen LogP contribution in [0.4, 0.5) is 5.95 Å². The second kappa shape index (κ2) is 4.78. The van der Waals surface area contributed by atoms with E-state index in [1.54, 1.807) is 0 Å². The monoisotopic (exact) mass is 221 g/mol. The number of anilines is 1. The van der Waals surface area contributed by atoms with Crippen molar-refractivity contribution in [1.29, 1.82) is 0 Å². The summed E-state index contributed by atoms with van der Waals surface area (Å²) in [4.78, 5) is 11.1. The Kier molecular flexibility index (Phi) is 3.39. The molecular formula is C12H19N3O. The Morgan fingerprint density at radius 3 is 2.69 bits per heavy atom. The third kappa shape index (κ3) is 2.50. The number of hydrogen-bond donors (Lipinski definition) is 1. The maximum absolute atomic E-state index is 9.20. The first-order valence-electron chi connectivity index (χ1n) is 5.87. The first-order valence-corrected chi connectivity index (χ1v) is 5.87. The van der Waals surface area contributed by atoms with Crippen LogP contribution in [0.15, 0.2) is 6.07 Å². The van der Waals surface area contributed by atoms with Crippen LogP contribution in [-0.4, -0.2) is 34.8 Å². The summed E-state index contributed by atoms with van der Waals surface area (Å²) in [6.07, 6.45) is 2.22. The van der Waals surface area contributed by atoms with E-state index < -0.39 is 0 Å². The van der Waals surface area contributed by atoms with Crippen LogP contribution in [0, 0.1) is 19.8 Å². The van der Waals surface area contributed by atoms with Crippen molar-refractivity contribution in [2.24, 2.45) is 5.92 Å². The van der Waals surface area contributed by atoms with Crippen LogP contribution >= 0.6 is 0 Å². The smallest absolute Gasteiger partial charge is 0.225 e. The molecule has 0 spiro atoms. The molecule has 1 saturated heterocycles. The zero-order chi connectivity index (χ0) is 11.5. The molecule has 1 unspecified atom stereocenters. The lowest BCUT2D eigenvalue weighted by Crippen LogP contribution is -2.38. The lowest BCUT2D eigenvalue weighted by molar-refractivity contribution is 0.208. The van der Waals surface area contributed by atoms with Gasteiger partial charge in [0.2, 0.25) is 5.95 Å². The molecule has 1 aromatic heterocycles. The lowest BCUT2D eigenvalue weighted by atomic mass is 9.99. The molecule has 4 nitrogen and oxygen atoms in total. The molecule has 0 radical (unpaired) electrons. The molecule has 1 fully saturated rings. The SMILES string of the molecule is Cc1cc(C)nc(N2CCCC(CO)C2)n1. The highest BCUT2D eigenvalue weighted by atomic mass is 16.3. The zero-order valence-electron chi connectivity index (χ0n) is 9.98. The number of aryl methyl sites for hydroxylation is 2. The van der Waals surface area contributed by atoms with Crippen LogP contribution in [0.3, 0.4) is 0 Å². The molecule has 88 valence electrons. The van der Waals surface area contributed by atoms with Crippen molar-refractivity contribution in [2.45, 2.75) is 26.7 Å². The highest BCUT2D eigenvalue weighted by Crippen LogP contribution is 2.20. The van der Waals surface area contributed by atoms with Crippen LogP contribution in [0.1, 0.15) is 24.2 Å². The van der Waals surface area contributed by atoms with Gasteiger partial charge in [-0.2, -0.15) is 0 Å². The fourth-order valence-electron chi connectivity index (χ4n) is 2.24. The summed E-state index contributed by atoms with van der Waals surface area (Å²) >= 11 is 0. The van der Waals surface area contributed by atoms with Crippen LogP contribution < -0.4 is 4.90 Å². The van der Waals surface area contributed by atoms with E-state index in [1.807, 2.05) is 19.9 Å². The van der Waals surface area contributed by atoms with Gasteiger partial charge in [0.15, 0.2) is 0 Å². The molecule has 2 heterocycles. The lowest BCUT2D eigenvalue weighted by Gasteiger charge is -2.32. The fraction of sp³-hybridized carbons (Fsp3) is 0.667. The van der Waals surface area contributed by atoms with E-state index in [4.69, 9.17) is 0 Å². The maximum atomic E-state index is 9.20. The Bertz CT molecular complexity index is 347. The molecule has 0 bridgehead atoms. The number of hydrogen-bond acceptors (Lipinski definition) is 4. The third-order valence-corrected chi connectivity index (χ3v) is 3.03. The van der Waals surface area contributed by atoms with Crippen molar-refractivity contribution in [3.8, 4) is 0 Å². The number of aliphatic hydroxyl groups excluding tert-OH is 1. The summed E-state index contributed by atoms with van der Waals surface area (Å²) in [6, 6.07) is 1.98. The van der Waals surface area contributed by atoms with Crippen LogP contribution in [-0.2, 0) is 0 Å². The second-order valence-corrected chi connectivity index (χ2v) is 4.59. The normalized spacial score (nSPS) is 21.2. The molecule has 1 atom stereocenters. The summed E-state index contributed by atoms with van der Waals surface area (Å²) in [5.74, 6) is 1.19. The van der Waals surface area contributed by atoms with Crippen molar-refractivity contribution >= 4 is 5.95 Å². The summed E-state index contributed by atoms with van der Waals surface area (Å²) < 4.78 is 0. The summed E-state index contributed by atoms with van der Waals surface area (Å²) in [7, 11) is 0. The zero-order valence-corrected chi connectivity index (χ0v) is 9.98. The molecule has 2 rings (SSSR count). The van der Waals surface area contributed by atoms with Gasteiger partial charge in [-0.05, 0) is 38.7 Å². The number of aliphatic hydroxyl groups is 1. The molecule has 0 aliphatic carbocycles. The molecule has 0 amide bonds. The van der Waals surface area contributed by atoms with Crippen LogP contribution in [0.25, 0.3) is 0 Å². The van der Waals surface area contributed by atoms with Gasteiger partial charge >= 0.3 is 0 Å². The topological polar surface area (TPSA) is 49.2 Å². The number of rotatable bonds is 2. The quantitative estimate of drug-likeness (QED) is 0.818. The van der Waals surface area contributed by atoms with Crippen LogP contribution in [0.2, 0.25) is 0 Å². The van der Waals surface area contributed by atoms with E-state index in [0.29, 0.717) is 5.92 Å². The highest BCUT2D eigenvalue weighted by molar-refractivity contribution is 5.32. The summed E-state index contributed by atoms with van der Waals surface area (Å²) in [5, 5.41) is 9.20. The minimum Gasteiger partial charge on any atom is -0.396 e. The van der Waals surface area contributed by atoms with Gasteiger partial charge < -0.3 is 10.0 Å². The molecule has 1 N–H and O–H groups in total. The molecule has 4 heteroatoms. The van der Waals surface area contributed by atoms with E-state index in [2.05, 4.69) is 14.9 Å². The average molecular weight is 221 g/mol. The van der Waals surface area contributed by atoms with Crippen molar-refractivity contribution in [2.75, 3.05) is 24.6 Å². The van der Waals surface area contributed by atoms with Gasteiger partial charge in [-0.3, -0.25) is 0 Å². The molecule has 16 heavy (non-hydrogen) atoms. The second-order valence-electron chi connectivity index (χ2n) is 4.59. The van der Waals surface area contributed by atoms with Crippen LogP contribution in [0.5, 0.6) is 0 Å². The first kappa shape index (κ1) is 11.3. The van der Waals surface area contributed by atoms with Gasteiger partial charge in [-0.25, -0.2) is 9.97 Å². The predicted octanol–water partition coefficient (Wildman–Crippen LogP) is 1.30. The van der Waals surface area contributed by atoms with Gasteiger partial charge in [-0.1, -0.05) is 0 Å².